The van der Waals surface area contributed by atoms with Gasteiger partial charge in [0.2, 0.25) is 17.7 Å². The first-order chi connectivity index (χ1) is 21.9. The zero-order valence-electron chi connectivity index (χ0n) is 27.6. The number of ketones is 1. The zero-order valence-corrected chi connectivity index (χ0v) is 27.6. The highest BCUT2D eigenvalue weighted by molar-refractivity contribution is 5.86. The van der Waals surface area contributed by atoms with Crippen molar-refractivity contribution in [3.05, 3.63) is 0 Å². The average Bonchev–Trinajstić information content (AvgIpc) is 2.98. The van der Waals surface area contributed by atoms with Gasteiger partial charge in [0.1, 0.15) is 17.9 Å². The van der Waals surface area contributed by atoms with Gasteiger partial charge in [0.15, 0.2) is 0 Å². The number of carboxylic acid groups (broad SMARTS) is 3. The summed E-state index contributed by atoms with van der Waals surface area (Å²) in [4.78, 5) is 80.7. The van der Waals surface area contributed by atoms with Gasteiger partial charge >= 0.3 is 17.9 Å². The van der Waals surface area contributed by atoms with Crippen LogP contribution in [0.25, 0.3) is 0 Å². The molecule has 0 aromatic rings. The number of hydrogen-bond donors (Lipinski definition) is 6. The topological polar surface area (TPSA) is 216 Å². The van der Waals surface area contributed by atoms with Crippen molar-refractivity contribution in [1.29, 1.82) is 0 Å². The van der Waals surface area contributed by atoms with E-state index >= 15 is 0 Å². The molecule has 0 bridgehead atoms. The first-order valence-electron chi connectivity index (χ1n) is 16.9. The molecule has 46 heavy (non-hydrogen) atoms. The fourth-order valence-electron chi connectivity index (χ4n) is 4.92. The largest absolute Gasteiger partial charge is 0.481 e. The summed E-state index contributed by atoms with van der Waals surface area (Å²) in [6.07, 6.45) is 15.9. The number of carbonyl (C=O) groups is 7. The van der Waals surface area contributed by atoms with Gasteiger partial charge in [0.25, 0.3) is 0 Å². The molecule has 0 rings (SSSR count). The van der Waals surface area contributed by atoms with Gasteiger partial charge in [0, 0.05) is 38.6 Å². The number of carboxylic acids is 3. The maximum atomic E-state index is 12.2. The highest BCUT2D eigenvalue weighted by atomic mass is 16.4. The van der Waals surface area contributed by atoms with E-state index in [0.29, 0.717) is 12.8 Å². The second kappa shape index (κ2) is 27.8. The van der Waals surface area contributed by atoms with Crippen molar-refractivity contribution in [3.63, 3.8) is 0 Å². The molecule has 0 saturated heterocycles. The fraction of sp³-hybridized carbons (Fsp3) is 0.788. The lowest BCUT2D eigenvalue weighted by molar-refractivity contribution is -0.143. The Morgan fingerprint density at radius 3 is 1.24 bits per heavy atom. The normalized spacial score (nSPS) is 12.1. The van der Waals surface area contributed by atoms with Crippen LogP contribution in [-0.4, -0.2) is 75.4 Å². The molecular weight excluding hydrogens is 598 g/mol. The predicted molar refractivity (Wildman–Crippen MR) is 172 cm³/mol. The fourth-order valence-corrected chi connectivity index (χ4v) is 4.92. The number of Topliss-reactive ketones (excluding diaryl/α,β-unsaturated/α-hetero) is 1. The van der Waals surface area contributed by atoms with Crippen LogP contribution in [-0.2, 0) is 33.6 Å². The van der Waals surface area contributed by atoms with Crippen LogP contribution in [0.4, 0.5) is 0 Å². The van der Waals surface area contributed by atoms with Crippen molar-refractivity contribution in [1.82, 2.24) is 16.0 Å². The van der Waals surface area contributed by atoms with Gasteiger partial charge in [0.05, 0.1) is 0 Å². The van der Waals surface area contributed by atoms with E-state index in [1.165, 1.54) is 51.9 Å². The van der Waals surface area contributed by atoms with Crippen LogP contribution in [0, 0.1) is 0 Å². The molecule has 0 spiro atoms. The molecule has 0 aliphatic heterocycles. The maximum Gasteiger partial charge on any atom is 0.326 e. The number of unbranched alkanes of at least 4 members (excludes halogenated alkanes) is 13. The van der Waals surface area contributed by atoms with E-state index in [-0.39, 0.29) is 56.8 Å². The number of carbonyl (C=O) groups excluding carboxylic acids is 4. The number of aliphatic carboxylic acids is 3. The minimum atomic E-state index is -1.33. The van der Waals surface area contributed by atoms with Crippen molar-refractivity contribution in [3.8, 4) is 0 Å². The standard InChI is InChI=1S/C33H57N3O10/c1-25(37)20-21-26(32(43)44)36-30(40)23-22-27(33(45)46)35-29(39)18-16-24-34-28(38)17-14-12-10-8-6-4-2-3-5-7-9-11-13-15-19-31(41)42/h26-27H,2-24H2,1H3,(H,34,38)(H,35,39)(H,36,40)(H,41,42)(H,43,44)(H,45,46)/t26-,27?/m0/s1. The summed E-state index contributed by atoms with van der Waals surface area (Å²) in [7, 11) is 0. The van der Waals surface area contributed by atoms with E-state index < -0.39 is 41.8 Å². The van der Waals surface area contributed by atoms with Gasteiger partial charge in [-0.15, -0.1) is 0 Å². The molecule has 6 N–H and O–H groups in total. The summed E-state index contributed by atoms with van der Waals surface area (Å²) in [6, 6.07) is -2.59. The molecule has 13 nitrogen and oxygen atoms in total. The van der Waals surface area contributed by atoms with Gasteiger partial charge in [-0.25, -0.2) is 9.59 Å². The van der Waals surface area contributed by atoms with Crippen LogP contribution in [0.5, 0.6) is 0 Å². The third-order valence-corrected chi connectivity index (χ3v) is 7.66. The van der Waals surface area contributed by atoms with Gasteiger partial charge < -0.3 is 36.1 Å². The molecule has 0 heterocycles. The molecule has 0 radical (unpaired) electrons. The Labute approximate surface area is 273 Å². The minimum absolute atomic E-state index is 0.00299. The van der Waals surface area contributed by atoms with Gasteiger partial charge in [-0.3, -0.25) is 19.2 Å². The highest BCUT2D eigenvalue weighted by Crippen LogP contribution is 2.14. The SMILES string of the molecule is CC(=O)CC[C@H](NC(=O)CCC(NC(=O)CCCNC(=O)CCCCCCCCCCCCCCCCC(=O)O)C(=O)O)C(=O)O. The van der Waals surface area contributed by atoms with E-state index in [0.717, 1.165) is 44.9 Å². The summed E-state index contributed by atoms with van der Waals surface area (Å²) >= 11 is 0. The lowest BCUT2D eigenvalue weighted by Gasteiger charge is -2.16. The van der Waals surface area contributed by atoms with Crippen LogP contribution >= 0.6 is 0 Å². The third-order valence-electron chi connectivity index (χ3n) is 7.66. The van der Waals surface area contributed by atoms with E-state index in [2.05, 4.69) is 16.0 Å². The second-order valence-electron chi connectivity index (χ2n) is 12.0. The van der Waals surface area contributed by atoms with E-state index in [9.17, 15) is 43.8 Å². The number of amides is 3. The lowest BCUT2D eigenvalue weighted by Crippen LogP contribution is -2.44. The molecule has 0 saturated carbocycles. The second-order valence-corrected chi connectivity index (χ2v) is 12.0. The van der Waals surface area contributed by atoms with Crippen LogP contribution in [0.1, 0.15) is 148 Å². The Bertz CT molecular complexity index is 941. The summed E-state index contributed by atoms with van der Waals surface area (Å²) in [5.41, 5.74) is 0. The summed E-state index contributed by atoms with van der Waals surface area (Å²) < 4.78 is 0. The van der Waals surface area contributed by atoms with Crippen LogP contribution < -0.4 is 16.0 Å². The van der Waals surface area contributed by atoms with E-state index in [1.807, 2.05) is 0 Å². The third kappa shape index (κ3) is 26.9. The molecule has 0 aromatic heterocycles. The van der Waals surface area contributed by atoms with Gasteiger partial charge in [-0.2, -0.15) is 0 Å². The van der Waals surface area contributed by atoms with Crippen molar-refractivity contribution >= 4 is 41.4 Å². The highest BCUT2D eigenvalue weighted by Gasteiger charge is 2.24. The van der Waals surface area contributed by atoms with Crippen molar-refractivity contribution in [2.45, 2.75) is 160 Å². The van der Waals surface area contributed by atoms with Crippen LogP contribution in [0.15, 0.2) is 0 Å². The molecule has 2 atom stereocenters. The van der Waals surface area contributed by atoms with Crippen molar-refractivity contribution < 1.29 is 48.9 Å². The Kier molecular flexibility index (Phi) is 25.7. The van der Waals surface area contributed by atoms with Crippen molar-refractivity contribution in [2.75, 3.05) is 6.54 Å². The molecule has 1 unspecified atom stereocenters. The lowest BCUT2D eigenvalue weighted by atomic mass is 10.0. The Morgan fingerprint density at radius 1 is 0.457 bits per heavy atom. The predicted octanol–water partition coefficient (Wildman–Crippen LogP) is 4.50. The summed E-state index contributed by atoms with van der Waals surface area (Å²) in [5.74, 6) is -4.86. The van der Waals surface area contributed by atoms with Gasteiger partial charge in [-0.1, -0.05) is 77.0 Å². The smallest absolute Gasteiger partial charge is 0.326 e. The number of rotatable bonds is 31. The molecule has 0 aliphatic carbocycles. The summed E-state index contributed by atoms with van der Waals surface area (Å²) in [5, 5.41) is 34.6. The summed E-state index contributed by atoms with van der Waals surface area (Å²) in [6.45, 7) is 1.59. The van der Waals surface area contributed by atoms with Crippen LogP contribution in [0.3, 0.4) is 0 Å². The Morgan fingerprint density at radius 2 is 0.826 bits per heavy atom. The maximum absolute atomic E-state index is 12.2. The molecule has 0 fully saturated rings. The number of nitrogens with one attached hydrogen (secondary N) is 3. The first-order valence-corrected chi connectivity index (χ1v) is 16.9. The molecule has 264 valence electrons. The monoisotopic (exact) mass is 655 g/mol. The van der Waals surface area contributed by atoms with Crippen molar-refractivity contribution in [2.24, 2.45) is 0 Å². The van der Waals surface area contributed by atoms with E-state index in [1.54, 1.807) is 0 Å². The Hall–Kier alpha value is -3.51. The van der Waals surface area contributed by atoms with Crippen LogP contribution in [0.2, 0.25) is 0 Å². The van der Waals surface area contributed by atoms with Gasteiger partial charge in [-0.05, 0) is 39.0 Å². The zero-order chi connectivity index (χ0) is 34.6. The average molecular weight is 656 g/mol. The number of hydrogen-bond acceptors (Lipinski definition) is 7. The minimum Gasteiger partial charge on any atom is -0.481 e. The Balaban J connectivity index is 3.84. The molecule has 0 aliphatic rings. The van der Waals surface area contributed by atoms with E-state index in [4.69, 9.17) is 5.11 Å². The molecule has 0 aromatic carbocycles. The molecule has 13 heteroatoms. The molecular formula is C33H57N3O10. The quantitative estimate of drug-likeness (QED) is 0.0575. The molecule has 3 amide bonds. The first kappa shape index (κ1) is 42.5.